The standard InChI is InChI=1S/C33H36Si.2ClH.Zr/c1-32(2,3)28-19-13-18-24-25-21-29(33(4,5)6)31(34(7)23-16-9-8-10-17-23)30(22-14-11-12-15-22)27(25)20-26(24)28;;;/h8-14,16-21H,15H2,1-7H3;2*1H;/q-1;;;+3/p-2. The van der Waals surface area contributed by atoms with Gasteiger partial charge in [-0.15, -0.1) is 27.6 Å². The summed E-state index contributed by atoms with van der Waals surface area (Å²) >= 11 is 0. The van der Waals surface area contributed by atoms with Crippen molar-refractivity contribution in [1.82, 2.24) is 0 Å². The van der Waals surface area contributed by atoms with Crippen molar-refractivity contribution < 1.29 is 51.0 Å². The average Bonchev–Trinajstić information content (AvgIpc) is 3.44. The summed E-state index contributed by atoms with van der Waals surface area (Å²) in [6.07, 6.45) is 7.92. The summed E-state index contributed by atoms with van der Waals surface area (Å²) in [5.74, 6) is 0. The summed E-state index contributed by atoms with van der Waals surface area (Å²) in [5, 5.41) is 8.75. The van der Waals surface area contributed by atoms with Crippen LogP contribution in [0, 0.1) is 0 Å². The van der Waals surface area contributed by atoms with E-state index in [2.05, 4.69) is 127 Å². The molecular weight excluding hydrogens is 587 g/mol. The van der Waals surface area contributed by atoms with Crippen LogP contribution in [0.1, 0.15) is 64.7 Å². The molecule has 0 aliphatic heterocycles. The Hall–Kier alpha value is -1.31. The second-order valence-corrected chi connectivity index (χ2v) is 14.2. The third-order valence-electron chi connectivity index (χ3n) is 7.34. The van der Waals surface area contributed by atoms with Crippen molar-refractivity contribution in [3.05, 3.63) is 95.6 Å². The molecule has 0 saturated heterocycles. The summed E-state index contributed by atoms with van der Waals surface area (Å²) in [6, 6.07) is 23.1. The van der Waals surface area contributed by atoms with Crippen molar-refractivity contribution in [2.75, 3.05) is 0 Å². The molecule has 4 heteroatoms. The quantitative estimate of drug-likeness (QED) is 0.242. The van der Waals surface area contributed by atoms with Crippen molar-refractivity contribution in [3.63, 3.8) is 0 Å². The summed E-state index contributed by atoms with van der Waals surface area (Å²) in [5.41, 5.74) is 6.10. The topological polar surface area (TPSA) is 0 Å². The maximum Gasteiger partial charge on any atom is 3.00 e. The first kappa shape index (κ1) is 31.9. The Morgan fingerprint density at radius 1 is 0.757 bits per heavy atom. The molecule has 4 aromatic carbocycles. The van der Waals surface area contributed by atoms with Gasteiger partial charge in [-0.05, 0) is 17.3 Å². The van der Waals surface area contributed by atoms with Crippen LogP contribution in [-0.2, 0) is 37.0 Å². The fraction of sp³-hybridized carbons (Fsp3) is 0.303. The third-order valence-corrected chi connectivity index (χ3v) is 9.81. The minimum Gasteiger partial charge on any atom is -1.00 e. The van der Waals surface area contributed by atoms with E-state index in [0.717, 1.165) is 6.42 Å². The van der Waals surface area contributed by atoms with Crippen LogP contribution >= 0.6 is 0 Å². The third kappa shape index (κ3) is 5.84. The molecule has 0 unspecified atom stereocenters. The van der Waals surface area contributed by atoms with E-state index in [1.807, 2.05) is 0 Å². The molecule has 5 rings (SSSR count). The number of hydrogen-bond acceptors (Lipinski definition) is 0. The zero-order chi connectivity index (χ0) is 24.3. The summed E-state index contributed by atoms with van der Waals surface area (Å²) < 4.78 is 0. The molecule has 0 nitrogen and oxygen atoms in total. The Morgan fingerprint density at radius 3 is 1.97 bits per heavy atom. The van der Waals surface area contributed by atoms with Crippen molar-refractivity contribution in [2.24, 2.45) is 0 Å². The zero-order valence-electron chi connectivity index (χ0n) is 23.0. The van der Waals surface area contributed by atoms with E-state index < -0.39 is 8.80 Å². The molecule has 0 spiro atoms. The Morgan fingerprint density at radius 2 is 1.41 bits per heavy atom. The van der Waals surface area contributed by atoms with Gasteiger partial charge in [0, 0.05) is 0 Å². The van der Waals surface area contributed by atoms with Gasteiger partial charge in [0.2, 0.25) is 0 Å². The van der Waals surface area contributed by atoms with Gasteiger partial charge in [-0.2, -0.15) is 0 Å². The summed E-state index contributed by atoms with van der Waals surface area (Å²) in [7, 11) is -0.957. The molecule has 0 fully saturated rings. The predicted molar refractivity (Wildman–Crippen MR) is 154 cm³/mol. The molecule has 2 radical (unpaired) electrons. The number of allylic oxidation sites excluding steroid dienone is 4. The fourth-order valence-corrected chi connectivity index (χ4v) is 8.11. The van der Waals surface area contributed by atoms with Crippen LogP contribution in [-0.4, -0.2) is 8.80 Å². The maximum atomic E-state index is 2.54. The van der Waals surface area contributed by atoms with E-state index >= 15 is 0 Å². The van der Waals surface area contributed by atoms with Crippen LogP contribution in [0.25, 0.3) is 27.1 Å². The number of benzene rings is 3. The van der Waals surface area contributed by atoms with Crippen LogP contribution in [0.5, 0.6) is 0 Å². The summed E-state index contributed by atoms with van der Waals surface area (Å²) in [6.45, 7) is 16.6. The van der Waals surface area contributed by atoms with Gasteiger partial charge in [-0.1, -0.05) is 154 Å². The predicted octanol–water partition coefficient (Wildman–Crippen LogP) is 1.89. The molecule has 4 aromatic rings. The molecule has 0 saturated carbocycles. The molecule has 0 aromatic heterocycles. The molecule has 0 bridgehead atoms. The Labute approximate surface area is 256 Å². The number of halogens is 2. The van der Waals surface area contributed by atoms with Crippen LogP contribution in [0.2, 0.25) is 6.55 Å². The van der Waals surface area contributed by atoms with Crippen molar-refractivity contribution in [3.8, 4) is 0 Å². The van der Waals surface area contributed by atoms with Crippen molar-refractivity contribution >= 4 is 46.3 Å². The minimum absolute atomic E-state index is 0. The number of fused-ring (bicyclic) bond motifs is 3. The van der Waals surface area contributed by atoms with E-state index in [0.29, 0.717) is 0 Å². The van der Waals surface area contributed by atoms with Gasteiger partial charge in [-0.25, -0.2) is 0 Å². The second kappa shape index (κ2) is 11.8. The molecule has 0 N–H and O–H groups in total. The molecule has 190 valence electrons. The van der Waals surface area contributed by atoms with Gasteiger partial charge in [0.1, 0.15) is 8.80 Å². The largest absolute Gasteiger partial charge is 3.00 e. The maximum absolute atomic E-state index is 2.54. The van der Waals surface area contributed by atoms with Gasteiger partial charge >= 0.3 is 26.2 Å². The van der Waals surface area contributed by atoms with Gasteiger partial charge in [0.15, 0.2) is 0 Å². The second-order valence-electron chi connectivity index (χ2n) is 11.9. The van der Waals surface area contributed by atoms with Gasteiger partial charge < -0.3 is 24.8 Å². The molecule has 1 aliphatic carbocycles. The monoisotopic (exact) mass is 620 g/mol. The molecule has 1 aliphatic rings. The van der Waals surface area contributed by atoms with Crippen molar-refractivity contribution in [2.45, 2.75) is 65.3 Å². The molecular formula is C33H36Cl2SiZr. The van der Waals surface area contributed by atoms with Gasteiger partial charge in [0.05, 0.1) is 0 Å². The van der Waals surface area contributed by atoms with E-state index in [1.165, 1.54) is 49.0 Å². The Balaban J connectivity index is 0.00000160. The Kier molecular flexibility index (Phi) is 10.2. The van der Waals surface area contributed by atoms with E-state index in [1.54, 1.807) is 5.19 Å². The van der Waals surface area contributed by atoms with Gasteiger partial charge in [-0.3, -0.25) is 0 Å². The molecule has 0 heterocycles. The molecule has 0 atom stereocenters. The van der Waals surface area contributed by atoms with Crippen LogP contribution in [0.3, 0.4) is 0 Å². The summed E-state index contributed by atoms with van der Waals surface area (Å²) in [4.78, 5) is 0. The van der Waals surface area contributed by atoms with Crippen LogP contribution in [0.4, 0.5) is 0 Å². The van der Waals surface area contributed by atoms with E-state index in [-0.39, 0.29) is 61.8 Å². The number of hydrogen-bond donors (Lipinski definition) is 0. The van der Waals surface area contributed by atoms with Crippen LogP contribution in [0.15, 0.2) is 78.9 Å². The first-order chi connectivity index (χ1) is 16.1. The van der Waals surface area contributed by atoms with E-state index in [9.17, 15) is 0 Å². The Bertz CT molecular complexity index is 1450. The van der Waals surface area contributed by atoms with E-state index in [4.69, 9.17) is 0 Å². The SMILES string of the molecule is C[Si](c1ccccc1)c1c(C(C)(C)C)cc2c([cH-]c3c(C(C)(C)C)cccc32)c1C1=CC=CC1.[Cl-].[Cl-].[Zr+3]. The first-order valence-corrected chi connectivity index (χ1v) is 14.5. The van der Waals surface area contributed by atoms with Crippen LogP contribution < -0.4 is 35.2 Å². The number of rotatable bonds is 3. The smallest absolute Gasteiger partial charge is 1.00 e. The first-order valence-electron chi connectivity index (χ1n) is 12.5. The van der Waals surface area contributed by atoms with Crippen molar-refractivity contribution in [1.29, 1.82) is 0 Å². The molecule has 0 amide bonds. The average molecular weight is 623 g/mol. The van der Waals surface area contributed by atoms with Gasteiger partial charge in [0.25, 0.3) is 0 Å². The molecule has 37 heavy (non-hydrogen) atoms. The zero-order valence-corrected chi connectivity index (χ0v) is 27.9. The normalized spacial score (nSPS) is 13.4. The minimum atomic E-state index is -0.957. The fourth-order valence-electron chi connectivity index (χ4n) is 5.60.